The molecule has 0 spiro atoms. The molecule has 2 aliphatic heterocycles. The lowest BCUT2D eigenvalue weighted by Gasteiger charge is -2.35. The first-order chi connectivity index (χ1) is 11.7. The summed E-state index contributed by atoms with van der Waals surface area (Å²) in [6.07, 6.45) is 4.55. The van der Waals surface area contributed by atoms with E-state index in [1.807, 2.05) is 23.1 Å². The summed E-state index contributed by atoms with van der Waals surface area (Å²) in [5, 5.41) is 1.02. The van der Waals surface area contributed by atoms with Gasteiger partial charge in [-0.3, -0.25) is 9.59 Å². The summed E-state index contributed by atoms with van der Waals surface area (Å²) in [6.45, 7) is 1.70. The lowest BCUT2D eigenvalue weighted by molar-refractivity contribution is -0.141. The number of hydrogen-bond donors (Lipinski definition) is 0. The van der Waals surface area contributed by atoms with E-state index in [4.69, 9.17) is 4.98 Å². The van der Waals surface area contributed by atoms with Crippen LogP contribution in [0.1, 0.15) is 43.2 Å². The van der Waals surface area contributed by atoms with Crippen molar-refractivity contribution in [2.24, 2.45) is 0 Å². The molecule has 0 radical (unpaired) electrons. The largest absolute Gasteiger partial charge is 0.333 e. The highest BCUT2D eigenvalue weighted by Crippen LogP contribution is 2.35. The maximum Gasteiger partial charge on any atom is 0.242 e. The van der Waals surface area contributed by atoms with Crippen molar-refractivity contribution in [3.63, 3.8) is 0 Å². The third-order valence-electron chi connectivity index (χ3n) is 4.92. The fourth-order valence-electron chi connectivity index (χ4n) is 3.64. The first-order valence-electron chi connectivity index (χ1n) is 8.65. The Bertz CT molecular complexity index is 739. The third kappa shape index (κ3) is 2.90. The average Bonchev–Trinajstić information content (AvgIpc) is 3.21. The summed E-state index contributed by atoms with van der Waals surface area (Å²) in [4.78, 5) is 33.0. The predicted octanol–water partition coefficient (Wildman–Crippen LogP) is 2.97. The molecule has 2 saturated heterocycles. The number of aromatic nitrogens is 1. The molecule has 0 bridgehead atoms. The van der Waals surface area contributed by atoms with Gasteiger partial charge < -0.3 is 9.80 Å². The summed E-state index contributed by atoms with van der Waals surface area (Å²) in [5.41, 5.74) is 1.00. The minimum atomic E-state index is 0.0568. The second kappa shape index (κ2) is 6.51. The van der Waals surface area contributed by atoms with Crippen LogP contribution in [0.4, 0.5) is 0 Å². The van der Waals surface area contributed by atoms with E-state index in [2.05, 4.69) is 6.07 Å². The Hall–Kier alpha value is -1.95. The molecule has 2 fully saturated rings. The van der Waals surface area contributed by atoms with Gasteiger partial charge in [-0.2, -0.15) is 0 Å². The predicted molar refractivity (Wildman–Crippen MR) is 93.7 cm³/mol. The van der Waals surface area contributed by atoms with Gasteiger partial charge in [-0.25, -0.2) is 4.98 Å². The van der Waals surface area contributed by atoms with E-state index >= 15 is 0 Å². The molecule has 5 nitrogen and oxygen atoms in total. The highest BCUT2D eigenvalue weighted by atomic mass is 32.1. The second-order valence-corrected chi connectivity index (χ2v) is 7.60. The molecule has 0 saturated carbocycles. The molecule has 4 rings (SSSR count). The number of fused-ring (bicyclic) bond motifs is 1. The number of rotatable bonds is 3. The van der Waals surface area contributed by atoms with Crippen molar-refractivity contribution in [3.8, 4) is 0 Å². The number of benzene rings is 1. The van der Waals surface area contributed by atoms with E-state index in [0.717, 1.165) is 42.8 Å². The molecular weight excluding hydrogens is 322 g/mol. The molecule has 2 aromatic rings. The number of para-hydroxylation sites is 1. The van der Waals surface area contributed by atoms with Crippen LogP contribution in [0.3, 0.4) is 0 Å². The van der Waals surface area contributed by atoms with Crippen LogP contribution in [0.15, 0.2) is 24.3 Å². The number of carbonyl (C=O) groups is 2. The van der Waals surface area contributed by atoms with Gasteiger partial charge in [0.1, 0.15) is 5.01 Å². The monoisotopic (exact) mass is 343 g/mol. The van der Waals surface area contributed by atoms with Gasteiger partial charge >= 0.3 is 0 Å². The summed E-state index contributed by atoms with van der Waals surface area (Å²) in [5.74, 6) is 0.172. The van der Waals surface area contributed by atoms with Crippen molar-refractivity contribution in [1.82, 2.24) is 14.8 Å². The van der Waals surface area contributed by atoms with Gasteiger partial charge in [-0.1, -0.05) is 12.1 Å². The summed E-state index contributed by atoms with van der Waals surface area (Å²) < 4.78 is 1.17. The van der Waals surface area contributed by atoms with E-state index in [9.17, 15) is 9.59 Å². The van der Waals surface area contributed by atoms with Crippen molar-refractivity contribution in [2.45, 2.75) is 38.1 Å². The molecule has 0 aliphatic carbocycles. The van der Waals surface area contributed by atoms with Gasteiger partial charge in [0.05, 0.1) is 22.8 Å². The number of thiazole rings is 1. The van der Waals surface area contributed by atoms with E-state index < -0.39 is 0 Å². The van der Waals surface area contributed by atoms with Crippen molar-refractivity contribution in [3.05, 3.63) is 29.3 Å². The lowest BCUT2D eigenvalue weighted by atomic mass is 10.0. The number of amides is 2. The molecule has 6 heteroatoms. The molecule has 2 aliphatic rings. The van der Waals surface area contributed by atoms with Crippen LogP contribution in [0, 0.1) is 0 Å². The fourth-order valence-corrected chi connectivity index (χ4v) is 4.76. The summed E-state index contributed by atoms with van der Waals surface area (Å²) >= 11 is 1.68. The minimum Gasteiger partial charge on any atom is -0.333 e. The van der Waals surface area contributed by atoms with Gasteiger partial charge in [-0.15, -0.1) is 11.3 Å². The number of likely N-dealkylation sites (tertiary alicyclic amines) is 2. The first-order valence-corrected chi connectivity index (χ1v) is 9.47. The van der Waals surface area contributed by atoms with Crippen LogP contribution in [-0.4, -0.2) is 46.2 Å². The normalized spacial score (nSPS) is 21.7. The molecule has 1 atom stereocenters. The van der Waals surface area contributed by atoms with Crippen LogP contribution in [0.2, 0.25) is 0 Å². The second-order valence-electron chi connectivity index (χ2n) is 6.54. The first kappa shape index (κ1) is 15.6. The SMILES string of the molecule is O=C1CCCN1CC(=O)N1CCCCC1c1nc2ccccc2s1. The Kier molecular flexibility index (Phi) is 4.22. The fraction of sp³-hybridized carbons (Fsp3) is 0.500. The molecule has 1 unspecified atom stereocenters. The zero-order valence-corrected chi connectivity index (χ0v) is 14.4. The zero-order valence-electron chi connectivity index (χ0n) is 13.6. The van der Waals surface area contributed by atoms with Crippen molar-refractivity contribution in [2.75, 3.05) is 19.6 Å². The van der Waals surface area contributed by atoms with Crippen LogP contribution in [0.5, 0.6) is 0 Å². The standard InChI is InChI=1S/C18H21N3O2S/c22-16-9-5-10-20(16)12-17(23)21-11-4-3-7-14(21)18-19-13-6-1-2-8-15(13)24-18/h1-2,6,8,14H,3-5,7,9-12H2. The number of piperidine rings is 1. The maximum absolute atomic E-state index is 12.8. The smallest absolute Gasteiger partial charge is 0.242 e. The molecule has 1 aromatic heterocycles. The average molecular weight is 343 g/mol. The Morgan fingerprint density at radius 3 is 2.88 bits per heavy atom. The van der Waals surface area contributed by atoms with E-state index in [1.165, 1.54) is 4.70 Å². The molecule has 24 heavy (non-hydrogen) atoms. The molecular formula is C18H21N3O2S. The maximum atomic E-state index is 12.8. The van der Waals surface area contributed by atoms with Crippen LogP contribution < -0.4 is 0 Å². The highest BCUT2D eigenvalue weighted by molar-refractivity contribution is 7.18. The highest BCUT2D eigenvalue weighted by Gasteiger charge is 2.32. The van der Waals surface area contributed by atoms with Gasteiger partial charge in [0, 0.05) is 19.5 Å². The number of carbonyl (C=O) groups excluding carboxylic acids is 2. The molecule has 2 amide bonds. The van der Waals surface area contributed by atoms with Crippen LogP contribution in [-0.2, 0) is 9.59 Å². The van der Waals surface area contributed by atoms with Crippen LogP contribution >= 0.6 is 11.3 Å². The van der Waals surface area contributed by atoms with Gasteiger partial charge in [0.25, 0.3) is 0 Å². The van der Waals surface area contributed by atoms with E-state index in [1.54, 1.807) is 16.2 Å². The minimum absolute atomic E-state index is 0.0568. The van der Waals surface area contributed by atoms with E-state index in [0.29, 0.717) is 13.0 Å². The van der Waals surface area contributed by atoms with Gasteiger partial charge in [0.15, 0.2) is 0 Å². The quantitative estimate of drug-likeness (QED) is 0.861. The number of nitrogens with zero attached hydrogens (tertiary/aromatic N) is 3. The molecule has 1 aromatic carbocycles. The Labute approximate surface area is 145 Å². The van der Waals surface area contributed by atoms with Crippen molar-refractivity contribution in [1.29, 1.82) is 0 Å². The molecule has 126 valence electrons. The Morgan fingerprint density at radius 1 is 1.21 bits per heavy atom. The third-order valence-corrected chi connectivity index (χ3v) is 6.05. The van der Waals surface area contributed by atoms with Crippen LogP contribution in [0.25, 0.3) is 10.2 Å². The van der Waals surface area contributed by atoms with Gasteiger partial charge in [-0.05, 0) is 37.8 Å². The summed E-state index contributed by atoms with van der Waals surface area (Å²) in [7, 11) is 0. The van der Waals surface area contributed by atoms with E-state index in [-0.39, 0.29) is 24.4 Å². The topological polar surface area (TPSA) is 53.5 Å². The van der Waals surface area contributed by atoms with Crippen molar-refractivity contribution >= 4 is 33.4 Å². The number of hydrogen-bond acceptors (Lipinski definition) is 4. The zero-order chi connectivity index (χ0) is 16.5. The Morgan fingerprint density at radius 2 is 2.08 bits per heavy atom. The van der Waals surface area contributed by atoms with Crippen molar-refractivity contribution < 1.29 is 9.59 Å². The Balaban J connectivity index is 1.56. The summed E-state index contributed by atoms with van der Waals surface area (Å²) in [6, 6.07) is 8.17. The molecule has 3 heterocycles. The van der Waals surface area contributed by atoms with Gasteiger partial charge in [0.2, 0.25) is 11.8 Å². The lowest BCUT2D eigenvalue weighted by Crippen LogP contribution is -2.44. The molecule has 0 N–H and O–H groups in total.